The zero-order valence-corrected chi connectivity index (χ0v) is 12.0. The molecule has 4 heteroatoms. The van der Waals surface area contributed by atoms with Crippen LogP contribution in [0.1, 0.15) is 32.8 Å². The van der Waals surface area contributed by atoms with E-state index in [0.717, 1.165) is 24.2 Å². The molecule has 19 heavy (non-hydrogen) atoms. The van der Waals surface area contributed by atoms with E-state index in [4.69, 9.17) is 5.73 Å². The molecule has 0 fully saturated rings. The number of aliphatic carboxylic acids is 1. The fourth-order valence-electron chi connectivity index (χ4n) is 2.08. The van der Waals surface area contributed by atoms with Crippen molar-refractivity contribution in [3.05, 3.63) is 29.8 Å². The highest BCUT2D eigenvalue weighted by Crippen LogP contribution is 2.20. The van der Waals surface area contributed by atoms with Crippen molar-refractivity contribution in [1.82, 2.24) is 4.90 Å². The van der Waals surface area contributed by atoms with Crippen molar-refractivity contribution in [2.75, 3.05) is 18.8 Å². The maximum Gasteiger partial charge on any atom is 0.310 e. The van der Waals surface area contributed by atoms with E-state index in [-0.39, 0.29) is 0 Å². The van der Waals surface area contributed by atoms with Crippen LogP contribution in [0.25, 0.3) is 0 Å². The van der Waals surface area contributed by atoms with Crippen LogP contribution >= 0.6 is 0 Å². The van der Waals surface area contributed by atoms with Gasteiger partial charge in [0.1, 0.15) is 0 Å². The largest absolute Gasteiger partial charge is 0.481 e. The fourth-order valence-corrected chi connectivity index (χ4v) is 2.08. The molecule has 3 N–H and O–H groups in total. The highest BCUT2D eigenvalue weighted by atomic mass is 16.4. The van der Waals surface area contributed by atoms with Crippen LogP contribution in [0.4, 0.5) is 5.69 Å². The van der Waals surface area contributed by atoms with Crippen molar-refractivity contribution in [2.24, 2.45) is 5.41 Å². The molecule has 0 atom stereocenters. The van der Waals surface area contributed by atoms with Gasteiger partial charge in [0.05, 0.1) is 5.41 Å². The molecule has 0 amide bonds. The molecule has 1 aromatic rings. The summed E-state index contributed by atoms with van der Waals surface area (Å²) in [5.41, 5.74) is 7.01. The van der Waals surface area contributed by atoms with Gasteiger partial charge in [-0.3, -0.25) is 9.69 Å². The molecule has 1 aromatic carbocycles. The quantitative estimate of drug-likeness (QED) is 0.743. The first kappa shape index (κ1) is 15.5. The van der Waals surface area contributed by atoms with E-state index in [2.05, 4.69) is 11.8 Å². The lowest BCUT2D eigenvalue weighted by molar-refractivity contribution is -0.148. The number of carboxylic acid groups (broad SMARTS) is 1. The Balaban J connectivity index is 2.79. The Bertz CT molecular complexity index is 430. The summed E-state index contributed by atoms with van der Waals surface area (Å²) in [6, 6.07) is 7.73. The van der Waals surface area contributed by atoms with Crippen LogP contribution < -0.4 is 5.73 Å². The lowest BCUT2D eigenvalue weighted by Gasteiger charge is -2.29. The summed E-state index contributed by atoms with van der Waals surface area (Å²) in [7, 11) is 0. The minimum absolute atomic E-state index is 0.518. The molecule has 0 aliphatic carbocycles. The number of hydrogen-bond donors (Lipinski definition) is 2. The zero-order chi connectivity index (χ0) is 14.5. The van der Waals surface area contributed by atoms with E-state index in [0.29, 0.717) is 13.1 Å². The monoisotopic (exact) mass is 264 g/mol. The van der Waals surface area contributed by atoms with Gasteiger partial charge in [0.25, 0.3) is 0 Å². The molecule has 0 saturated carbocycles. The maximum atomic E-state index is 11.2. The van der Waals surface area contributed by atoms with Gasteiger partial charge in [-0.05, 0) is 38.4 Å². The summed E-state index contributed by atoms with van der Waals surface area (Å²) in [6.07, 6.45) is 0.989. The van der Waals surface area contributed by atoms with Gasteiger partial charge in [0.15, 0.2) is 0 Å². The lowest BCUT2D eigenvalue weighted by Crippen LogP contribution is -2.39. The SMILES string of the molecule is CCCN(Cc1ccccc1N)CC(C)(C)C(=O)O. The van der Waals surface area contributed by atoms with E-state index in [9.17, 15) is 9.90 Å². The number of nitrogen functional groups attached to an aromatic ring is 1. The molecule has 4 nitrogen and oxygen atoms in total. The van der Waals surface area contributed by atoms with Crippen molar-refractivity contribution >= 4 is 11.7 Å². The molecule has 106 valence electrons. The van der Waals surface area contributed by atoms with Crippen molar-refractivity contribution in [3.8, 4) is 0 Å². The molecule has 0 heterocycles. The number of hydrogen-bond acceptors (Lipinski definition) is 3. The Kier molecular flexibility index (Phi) is 5.36. The third kappa shape index (κ3) is 4.56. The van der Waals surface area contributed by atoms with Crippen molar-refractivity contribution < 1.29 is 9.90 Å². The molecule has 0 radical (unpaired) electrons. The molecule has 0 aromatic heterocycles. The molecule has 1 rings (SSSR count). The third-order valence-electron chi connectivity index (χ3n) is 3.19. The lowest BCUT2D eigenvalue weighted by atomic mass is 9.92. The van der Waals surface area contributed by atoms with Gasteiger partial charge in [0, 0.05) is 18.8 Å². The number of carboxylic acids is 1. The normalized spacial score (nSPS) is 11.8. The summed E-state index contributed by atoms with van der Waals surface area (Å²) in [5, 5.41) is 9.23. The first-order valence-corrected chi connectivity index (χ1v) is 6.66. The van der Waals surface area contributed by atoms with E-state index in [1.165, 1.54) is 0 Å². The van der Waals surface area contributed by atoms with Crippen LogP contribution in [0.5, 0.6) is 0 Å². The average molecular weight is 264 g/mol. The van der Waals surface area contributed by atoms with Crippen LogP contribution in [0, 0.1) is 5.41 Å². The zero-order valence-electron chi connectivity index (χ0n) is 12.0. The Hall–Kier alpha value is -1.55. The minimum Gasteiger partial charge on any atom is -0.481 e. The van der Waals surface area contributed by atoms with E-state index in [1.54, 1.807) is 13.8 Å². The molecule has 0 spiro atoms. The Morgan fingerprint density at radius 1 is 1.37 bits per heavy atom. The summed E-state index contributed by atoms with van der Waals surface area (Å²) in [5.74, 6) is -0.769. The first-order chi connectivity index (χ1) is 8.86. The van der Waals surface area contributed by atoms with Gasteiger partial charge in [-0.15, -0.1) is 0 Å². The highest BCUT2D eigenvalue weighted by molar-refractivity contribution is 5.73. The minimum atomic E-state index is -0.769. The van der Waals surface area contributed by atoms with E-state index < -0.39 is 11.4 Å². The second-order valence-electron chi connectivity index (χ2n) is 5.60. The summed E-state index contributed by atoms with van der Waals surface area (Å²) < 4.78 is 0. The van der Waals surface area contributed by atoms with E-state index >= 15 is 0 Å². The maximum absolute atomic E-state index is 11.2. The Morgan fingerprint density at radius 3 is 2.53 bits per heavy atom. The summed E-state index contributed by atoms with van der Waals surface area (Å²) >= 11 is 0. The highest BCUT2D eigenvalue weighted by Gasteiger charge is 2.29. The van der Waals surface area contributed by atoms with Gasteiger partial charge >= 0.3 is 5.97 Å². The second-order valence-corrected chi connectivity index (χ2v) is 5.60. The number of benzene rings is 1. The summed E-state index contributed by atoms with van der Waals surface area (Å²) in [6.45, 7) is 7.68. The van der Waals surface area contributed by atoms with Gasteiger partial charge in [-0.25, -0.2) is 0 Å². The number of para-hydroxylation sites is 1. The van der Waals surface area contributed by atoms with Gasteiger partial charge in [-0.2, -0.15) is 0 Å². The first-order valence-electron chi connectivity index (χ1n) is 6.66. The summed E-state index contributed by atoms with van der Waals surface area (Å²) in [4.78, 5) is 13.4. The molecule has 0 aliphatic rings. The van der Waals surface area contributed by atoms with Crippen molar-refractivity contribution in [3.63, 3.8) is 0 Å². The van der Waals surface area contributed by atoms with E-state index in [1.807, 2.05) is 24.3 Å². The van der Waals surface area contributed by atoms with Crippen LogP contribution in [0.2, 0.25) is 0 Å². The molecule has 0 bridgehead atoms. The van der Waals surface area contributed by atoms with Crippen LogP contribution in [-0.2, 0) is 11.3 Å². The number of carbonyl (C=O) groups is 1. The van der Waals surface area contributed by atoms with Gasteiger partial charge < -0.3 is 10.8 Å². The smallest absolute Gasteiger partial charge is 0.310 e. The van der Waals surface area contributed by atoms with Crippen molar-refractivity contribution in [1.29, 1.82) is 0 Å². The van der Waals surface area contributed by atoms with Crippen LogP contribution in [0.15, 0.2) is 24.3 Å². The van der Waals surface area contributed by atoms with Crippen LogP contribution in [-0.4, -0.2) is 29.1 Å². The molecule has 0 unspecified atom stereocenters. The number of rotatable bonds is 7. The fraction of sp³-hybridized carbons (Fsp3) is 0.533. The second kappa shape index (κ2) is 6.57. The third-order valence-corrected chi connectivity index (χ3v) is 3.19. The number of nitrogens with two attached hydrogens (primary N) is 1. The van der Waals surface area contributed by atoms with Crippen LogP contribution in [0.3, 0.4) is 0 Å². The molecule has 0 saturated heterocycles. The predicted molar refractivity (Wildman–Crippen MR) is 77.8 cm³/mol. The Morgan fingerprint density at radius 2 is 2.00 bits per heavy atom. The molecular formula is C15H24N2O2. The Labute approximate surface area is 115 Å². The topological polar surface area (TPSA) is 66.6 Å². The van der Waals surface area contributed by atoms with Gasteiger partial charge in [-0.1, -0.05) is 25.1 Å². The van der Waals surface area contributed by atoms with Gasteiger partial charge in [0.2, 0.25) is 0 Å². The molecular weight excluding hydrogens is 240 g/mol. The number of anilines is 1. The number of nitrogens with zero attached hydrogens (tertiary/aromatic N) is 1. The predicted octanol–water partition coefficient (Wildman–Crippen LogP) is 2.59. The molecule has 0 aliphatic heterocycles. The average Bonchev–Trinajstić information content (AvgIpc) is 2.31. The standard InChI is InChI=1S/C15H24N2O2/c1-4-9-17(11-15(2,3)14(18)19)10-12-7-5-6-8-13(12)16/h5-8H,4,9-11,16H2,1-3H3,(H,18,19). The van der Waals surface area contributed by atoms with Crippen molar-refractivity contribution in [2.45, 2.75) is 33.7 Å².